The number of esters is 2. The molecule has 0 amide bonds. The first-order chi connectivity index (χ1) is 26.6. The molecule has 1 saturated carbocycles. The second-order valence-electron chi connectivity index (χ2n) is 12.6. The molecule has 0 unspecified atom stereocenters. The molecule has 1 fully saturated rings. The molecule has 282 valence electrons. The van der Waals surface area contributed by atoms with E-state index in [0.29, 0.717) is 23.0 Å². The molecule has 0 aromatic heterocycles. The maximum atomic E-state index is 12.8. The molecule has 12 nitrogen and oxygen atoms in total. The average Bonchev–Trinajstić information content (AvgIpc) is 3.17. The zero-order valence-corrected chi connectivity index (χ0v) is 30.4. The van der Waals surface area contributed by atoms with Crippen molar-refractivity contribution in [1.82, 2.24) is 0 Å². The molecule has 5 aromatic rings. The van der Waals surface area contributed by atoms with Crippen LogP contribution in [0.5, 0.6) is 51.7 Å². The van der Waals surface area contributed by atoms with Crippen molar-refractivity contribution in [2.45, 2.75) is 51.4 Å². The number of hydrogen-bond donors (Lipinski definition) is 0. The molecule has 0 spiro atoms. The normalized spacial score (nSPS) is 13.1. The van der Waals surface area contributed by atoms with Crippen LogP contribution in [0.3, 0.4) is 0 Å². The number of carbonyl (C=O) groups excluding carboxylic acids is 4. The van der Waals surface area contributed by atoms with Crippen molar-refractivity contribution in [3.63, 3.8) is 0 Å². The molecule has 0 radical (unpaired) electrons. The number of rotatable bonds is 11. The Morgan fingerprint density at radius 3 is 1.31 bits per heavy atom. The van der Waals surface area contributed by atoms with Crippen LogP contribution in [0.2, 0.25) is 0 Å². The van der Waals surface area contributed by atoms with E-state index < -0.39 is 24.2 Å². The molecule has 0 N–H and O–H groups in total. The van der Waals surface area contributed by atoms with Crippen LogP contribution in [-0.4, -0.2) is 31.4 Å². The van der Waals surface area contributed by atoms with Crippen molar-refractivity contribution in [2.75, 3.05) is 7.11 Å². The summed E-state index contributed by atoms with van der Waals surface area (Å²) < 4.78 is 42.9. The van der Waals surface area contributed by atoms with Crippen molar-refractivity contribution in [2.24, 2.45) is 0 Å². The minimum Gasteiger partial charge on any atom is -0.497 e. The summed E-state index contributed by atoms with van der Waals surface area (Å²) in [5, 5.41) is 0. The molecule has 1 aliphatic rings. The Balaban J connectivity index is 1.08. The number of para-hydroxylation sites is 1. The number of carbonyl (C=O) groups is 4. The maximum Gasteiger partial charge on any atom is 0.519 e. The van der Waals surface area contributed by atoms with E-state index in [1.165, 1.54) is 25.1 Å². The van der Waals surface area contributed by atoms with Crippen molar-refractivity contribution >= 4 is 24.2 Å². The van der Waals surface area contributed by atoms with Crippen molar-refractivity contribution in [3.8, 4) is 51.7 Å². The van der Waals surface area contributed by atoms with Gasteiger partial charge in [-0.3, -0.25) is 9.59 Å². The first-order valence-electron chi connectivity index (χ1n) is 17.5. The summed E-state index contributed by atoms with van der Waals surface area (Å²) in [7, 11) is 1.60. The first-order valence-corrected chi connectivity index (χ1v) is 17.5. The summed E-state index contributed by atoms with van der Waals surface area (Å²) in [6.45, 7) is 2.35. The fourth-order valence-electron chi connectivity index (χ4n) is 6.41. The van der Waals surface area contributed by atoms with E-state index in [-0.39, 0.29) is 28.4 Å². The lowest BCUT2D eigenvalue weighted by molar-refractivity contribution is -0.134. The molecule has 6 rings (SSSR count). The Morgan fingerprint density at radius 2 is 0.855 bits per heavy atom. The highest BCUT2D eigenvalue weighted by atomic mass is 16.7. The lowest BCUT2D eigenvalue weighted by atomic mass is 9.65. The van der Waals surface area contributed by atoms with E-state index in [1.807, 2.05) is 24.3 Å². The van der Waals surface area contributed by atoms with Crippen LogP contribution in [0.15, 0.2) is 115 Å². The van der Waals surface area contributed by atoms with Gasteiger partial charge in [-0.05, 0) is 109 Å². The second-order valence-corrected chi connectivity index (χ2v) is 12.6. The summed E-state index contributed by atoms with van der Waals surface area (Å²) in [6.07, 6.45) is 2.99. The summed E-state index contributed by atoms with van der Waals surface area (Å²) in [5.41, 5.74) is 1.77. The van der Waals surface area contributed by atoms with E-state index in [1.54, 1.807) is 79.9 Å². The topological polar surface area (TPSA) is 142 Å². The van der Waals surface area contributed by atoms with Gasteiger partial charge in [0.15, 0.2) is 11.5 Å². The molecule has 5 aromatic carbocycles. The molecular weight excluding hydrogens is 708 g/mol. The summed E-state index contributed by atoms with van der Waals surface area (Å²) in [5.74, 6) is 0.949. The van der Waals surface area contributed by atoms with E-state index in [0.717, 1.165) is 55.9 Å². The highest BCUT2D eigenvalue weighted by molar-refractivity contribution is 5.77. The zero-order chi connectivity index (χ0) is 38.8. The van der Waals surface area contributed by atoms with E-state index >= 15 is 0 Å². The van der Waals surface area contributed by atoms with Crippen LogP contribution in [0.1, 0.15) is 57.1 Å². The Bertz CT molecular complexity index is 2120. The highest BCUT2D eigenvalue weighted by Crippen LogP contribution is 2.46. The summed E-state index contributed by atoms with van der Waals surface area (Å²) in [4.78, 5) is 48.6. The van der Waals surface area contributed by atoms with Gasteiger partial charge in [0.05, 0.1) is 7.11 Å². The van der Waals surface area contributed by atoms with Crippen LogP contribution in [0, 0.1) is 0 Å². The predicted molar refractivity (Wildman–Crippen MR) is 199 cm³/mol. The first kappa shape index (κ1) is 37.9. The fourth-order valence-corrected chi connectivity index (χ4v) is 6.41. The predicted octanol–water partition coefficient (Wildman–Crippen LogP) is 9.74. The number of benzene rings is 5. The molecule has 0 bridgehead atoms. The Morgan fingerprint density at radius 1 is 0.455 bits per heavy atom. The summed E-state index contributed by atoms with van der Waals surface area (Å²) >= 11 is 0. The van der Waals surface area contributed by atoms with Crippen LogP contribution in [0.4, 0.5) is 9.59 Å². The van der Waals surface area contributed by atoms with Crippen LogP contribution in [-0.2, 0) is 15.0 Å². The molecule has 0 atom stereocenters. The SMILES string of the molecule is COc1ccc(Oc2ccc(OC(=O)Oc3ccc(C4(c5ccc(OC(=O)Oc6cccc(OC(C)=O)c6OC(C)=O)cc5)CCCCC4)cc3)cc2)cc1. The van der Waals surface area contributed by atoms with E-state index in [4.69, 9.17) is 37.9 Å². The number of hydrogen-bond acceptors (Lipinski definition) is 12. The lowest BCUT2D eigenvalue weighted by Gasteiger charge is -2.38. The van der Waals surface area contributed by atoms with Gasteiger partial charge in [-0.1, -0.05) is 49.6 Å². The molecule has 55 heavy (non-hydrogen) atoms. The van der Waals surface area contributed by atoms with Crippen molar-refractivity contribution in [3.05, 3.63) is 126 Å². The van der Waals surface area contributed by atoms with Crippen LogP contribution >= 0.6 is 0 Å². The lowest BCUT2D eigenvalue weighted by Crippen LogP contribution is -2.30. The molecule has 0 aliphatic heterocycles. The van der Waals surface area contributed by atoms with Gasteiger partial charge in [-0.15, -0.1) is 0 Å². The molecule has 0 heterocycles. The third-order valence-electron chi connectivity index (χ3n) is 8.88. The number of methoxy groups -OCH3 is 1. The number of ether oxygens (including phenoxy) is 8. The van der Waals surface area contributed by atoms with Gasteiger partial charge in [-0.25, -0.2) is 9.59 Å². The maximum absolute atomic E-state index is 12.8. The highest BCUT2D eigenvalue weighted by Gasteiger charge is 2.36. The van der Waals surface area contributed by atoms with Gasteiger partial charge in [-0.2, -0.15) is 0 Å². The third kappa shape index (κ3) is 9.79. The van der Waals surface area contributed by atoms with Gasteiger partial charge in [0.2, 0.25) is 5.75 Å². The quantitative estimate of drug-likeness (QED) is 0.0721. The monoisotopic (exact) mass is 746 g/mol. The van der Waals surface area contributed by atoms with Crippen LogP contribution < -0.4 is 37.9 Å². The minimum absolute atomic E-state index is 0.0892. The zero-order valence-electron chi connectivity index (χ0n) is 30.4. The smallest absolute Gasteiger partial charge is 0.497 e. The van der Waals surface area contributed by atoms with Gasteiger partial charge in [0.1, 0.15) is 34.5 Å². The molecule has 1 aliphatic carbocycles. The van der Waals surface area contributed by atoms with Gasteiger partial charge in [0, 0.05) is 19.3 Å². The Labute approximate surface area is 317 Å². The molecule has 0 saturated heterocycles. The van der Waals surface area contributed by atoms with Crippen LogP contribution in [0.25, 0.3) is 0 Å². The largest absolute Gasteiger partial charge is 0.519 e. The Kier molecular flexibility index (Phi) is 12.0. The standard InChI is InChI=1S/C43H38O12/c1-28(44)49-38-8-7-9-39(40(38)50-29(2)45)55-42(47)54-36-16-12-31(13-17-36)43(26-5-4-6-27-43)30-10-14-35(15-11-30)52-41(46)53-37-24-22-34(23-25-37)51-33-20-18-32(48-3)19-21-33/h7-25H,4-6,26-27H2,1-3H3. The van der Waals surface area contributed by atoms with Gasteiger partial charge >= 0.3 is 24.2 Å². The summed E-state index contributed by atoms with van der Waals surface area (Å²) in [6, 6.07) is 32.6. The fraction of sp³-hybridized carbons (Fsp3) is 0.209. The molecule has 12 heteroatoms. The van der Waals surface area contributed by atoms with E-state index in [2.05, 4.69) is 0 Å². The average molecular weight is 747 g/mol. The minimum atomic E-state index is -1.08. The molecular formula is C43H38O12. The van der Waals surface area contributed by atoms with Crippen molar-refractivity contribution < 1.29 is 57.1 Å². The van der Waals surface area contributed by atoms with Gasteiger partial charge < -0.3 is 37.9 Å². The van der Waals surface area contributed by atoms with E-state index in [9.17, 15) is 19.2 Å². The van der Waals surface area contributed by atoms with Gasteiger partial charge in [0.25, 0.3) is 0 Å². The third-order valence-corrected chi connectivity index (χ3v) is 8.88. The Hall–Kier alpha value is -6.82. The second kappa shape index (κ2) is 17.3. The van der Waals surface area contributed by atoms with Crippen molar-refractivity contribution in [1.29, 1.82) is 0 Å².